The summed E-state index contributed by atoms with van der Waals surface area (Å²) in [7, 11) is 0. The van der Waals surface area contributed by atoms with E-state index in [1.54, 1.807) is 24.3 Å². The van der Waals surface area contributed by atoms with Crippen molar-refractivity contribution in [2.45, 2.75) is 40.3 Å². The van der Waals surface area contributed by atoms with Gasteiger partial charge in [0.2, 0.25) is 12.6 Å². The first kappa shape index (κ1) is 24.2. The number of benzene rings is 2. The number of carbonyl (C=O) groups excluding carboxylic acids is 4. The minimum Gasteiger partial charge on any atom is -0.454 e. The molecule has 0 aromatic heterocycles. The van der Waals surface area contributed by atoms with Crippen LogP contribution in [-0.4, -0.2) is 36.5 Å². The second kappa shape index (κ2) is 11.3. The number of para-hydroxylation sites is 2. The molecule has 2 aromatic carbocycles. The summed E-state index contributed by atoms with van der Waals surface area (Å²) in [6.07, 6.45) is -1.93. The Balaban J connectivity index is 2.06. The van der Waals surface area contributed by atoms with E-state index in [0.717, 1.165) is 0 Å². The van der Waals surface area contributed by atoms with Crippen LogP contribution in [0.4, 0.5) is 0 Å². The summed E-state index contributed by atoms with van der Waals surface area (Å²) in [5.41, 5.74) is -0.125. The maximum atomic E-state index is 12.4. The van der Waals surface area contributed by atoms with Crippen molar-refractivity contribution in [3.05, 3.63) is 59.7 Å². The van der Waals surface area contributed by atoms with Gasteiger partial charge < -0.3 is 18.9 Å². The van der Waals surface area contributed by atoms with Crippen molar-refractivity contribution in [1.82, 2.24) is 0 Å². The van der Waals surface area contributed by atoms with Gasteiger partial charge in [-0.05, 0) is 24.3 Å². The van der Waals surface area contributed by atoms with Crippen LogP contribution < -0.4 is 9.47 Å². The molecule has 170 valence electrons. The molecular weight excluding hydrogens is 424 g/mol. The zero-order valence-corrected chi connectivity index (χ0v) is 17.9. The van der Waals surface area contributed by atoms with E-state index in [9.17, 15) is 19.2 Å². The molecule has 2 unspecified atom stereocenters. The molecular formula is C22H22O10. The summed E-state index contributed by atoms with van der Waals surface area (Å²) < 4.78 is 20.6. The molecule has 0 saturated carbocycles. The Kier molecular flexibility index (Phi) is 8.58. The zero-order valence-electron chi connectivity index (χ0n) is 17.9. The lowest BCUT2D eigenvalue weighted by Crippen LogP contribution is -2.21. The molecule has 0 fully saturated rings. The highest BCUT2D eigenvalue weighted by Gasteiger charge is 2.22. The molecule has 0 N–H and O–H groups in total. The Morgan fingerprint density at radius 2 is 0.969 bits per heavy atom. The van der Waals surface area contributed by atoms with Crippen molar-refractivity contribution in [2.75, 3.05) is 0 Å². The molecule has 0 aliphatic heterocycles. The third-order valence-electron chi connectivity index (χ3n) is 3.66. The van der Waals surface area contributed by atoms with Crippen LogP contribution in [0.1, 0.15) is 48.4 Å². The van der Waals surface area contributed by atoms with Gasteiger partial charge in [0.15, 0.2) is 0 Å². The van der Waals surface area contributed by atoms with E-state index < -0.39 is 36.5 Å². The van der Waals surface area contributed by atoms with E-state index >= 15 is 0 Å². The molecule has 0 aliphatic rings. The average molecular weight is 446 g/mol. The third kappa shape index (κ3) is 7.31. The summed E-state index contributed by atoms with van der Waals surface area (Å²) in [5, 5.41) is 0. The topological polar surface area (TPSA) is 124 Å². The minimum atomic E-state index is -1.02. The van der Waals surface area contributed by atoms with Crippen molar-refractivity contribution < 1.29 is 47.9 Å². The Labute approximate surface area is 183 Å². The fourth-order valence-corrected chi connectivity index (χ4v) is 2.51. The van der Waals surface area contributed by atoms with E-state index in [1.807, 2.05) is 0 Å². The van der Waals surface area contributed by atoms with Crippen LogP contribution in [-0.2, 0) is 28.8 Å². The molecule has 0 amide bonds. The fourth-order valence-electron chi connectivity index (χ4n) is 2.51. The number of ether oxygens (including phenoxy) is 4. The summed E-state index contributed by atoms with van der Waals surface area (Å²) >= 11 is 0. The number of rotatable bonds is 8. The monoisotopic (exact) mass is 446 g/mol. The van der Waals surface area contributed by atoms with E-state index in [2.05, 4.69) is 9.78 Å². The number of hydrogen-bond donors (Lipinski definition) is 0. The molecule has 2 aromatic rings. The molecule has 0 saturated heterocycles. The van der Waals surface area contributed by atoms with Crippen LogP contribution in [0.2, 0.25) is 0 Å². The number of esters is 2. The third-order valence-corrected chi connectivity index (χ3v) is 3.66. The largest absolute Gasteiger partial charge is 0.454 e. The molecule has 10 nitrogen and oxygen atoms in total. The summed E-state index contributed by atoms with van der Waals surface area (Å²) in [4.78, 5) is 56.2. The first-order chi connectivity index (χ1) is 15.2. The van der Waals surface area contributed by atoms with Gasteiger partial charge in [0.05, 0.1) is 0 Å². The molecule has 2 rings (SSSR count). The first-order valence-electron chi connectivity index (χ1n) is 9.46. The predicted molar refractivity (Wildman–Crippen MR) is 107 cm³/mol. The summed E-state index contributed by atoms with van der Waals surface area (Å²) in [6, 6.07) is 11.9. The van der Waals surface area contributed by atoms with Gasteiger partial charge in [0.1, 0.15) is 22.6 Å². The smallest absolute Gasteiger partial charge is 0.390 e. The first-order valence-corrected chi connectivity index (χ1v) is 9.46. The van der Waals surface area contributed by atoms with Gasteiger partial charge in [-0.15, -0.1) is 0 Å². The van der Waals surface area contributed by atoms with Crippen molar-refractivity contribution >= 4 is 23.9 Å². The highest BCUT2D eigenvalue weighted by molar-refractivity contribution is 5.95. The van der Waals surface area contributed by atoms with Crippen molar-refractivity contribution in [3.63, 3.8) is 0 Å². The Morgan fingerprint density at radius 3 is 1.31 bits per heavy atom. The van der Waals surface area contributed by atoms with Gasteiger partial charge in [-0.1, -0.05) is 24.3 Å². The van der Waals surface area contributed by atoms with Crippen molar-refractivity contribution in [2.24, 2.45) is 0 Å². The normalized spacial score (nSPS) is 12.0. The van der Waals surface area contributed by atoms with Crippen LogP contribution in [0, 0.1) is 0 Å². The zero-order chi connectivity index (χ0) is 23.7. The lowest BCUT2D eigenvalue weighted by Gasteiger charge is -2.17. The standard InChI is InChI=1S/C22H22O10/c1-13(23)27-15(3)29-19-11-7-5-9-17(19)21(25)31-32-22(26)18-10-6-8-12-20(18)30-16(4)28-14(2)24/h5-12,15-16H,1-4H3. The van der Waals surface area contributed by atoms with Crippen LogP contribution in [0.25, 0.3) is 0 Å². The molecule has 0 bridgehead atoms. The molecule has 0 heterocycles. The van der Waals surface area contributed by atoms with Crippen LogP contribution in [0.3, 0.4) is 0 Å². The summed E-state index contributed by atoms with van der Waals surface area (Å²) in [6.45, 7) is 5.37. The van der Waals surface area contributed by atoms with Gasteiger partial charge in [0, 0.05) is 27.7 Å². The maximum Gasteiger partial charge on any atom is 0.390 e. The highest BCUT2D eigenvalue weighted by atomic mass is 17.2. The number of carbonyl (C=O) groups is 4. The van der Waals surface area contributed by atoms with Gasteiger partial charge in [-0.3, -0.25) is 9.59 Å². The van der Waals surface area contributed by atoms with Crippen molar-refractivity contribution in [3.8, 4) is 11.5 Å². The Bertz CT molecular complexity index is 905. The second-order valence-electron chi connectivity index (χ2n) is 6.32. The summed E-state index contributed by atoms with van der Waals surface area (Å²) in [5.74, 6) is -3.04. The van der Waals surface area contributed by atoms with Crippen LogP contribution >= 0.6 is 0 Å². The number of hydrogen-bond acceptors (Lipinski definition) is 10. The Morgan fingerprint density at radius 1 is 0.625 bits per heavy atom. The van der Waals surface area contributed by atoms with Crippen LogP contribution in [0.5, 0.6) is 11.5 Å². The average Bonchev–Trinajstić information content (AvgIpc) is 2.71. The lowest BCUT2D eigenvalue weighted by atomic mass is 10.2. The maximum absolute atomic E-state index is 12.4. The van der Waals surface area contributed by atoms with E-state index in [-0.39, 0.29) is 22.6 Å². The minimum absolute atomic E-state index is 0.0567. The second-order valence-corrected chi connectivity index (χ2v) is 6.32. The Hall–Kier alpha value is -4.08. The van der Waals surface area contributed by atoms with E-state index in [0.29, 0.717) is 0 Å². The van der Waals surface area contributed by atoms with Crippen molar-refractivity contribution in [1.29, 1.82) is 0 Å². The SMILES string of the molecule is CC(=O)OC(C)Oc1ccccc1C(=O)OOC(=O)c1ccccc1OC(C)OC(C)=O. The van der Waals surface area contributed by atoms with Gasteiger partial charge in [0.25, 0.3) is 0 Å². The predicted octanol–water partition coefficient (Wildman–Crippen LogP) is 3.19. The van der Waals surface area contributed by atoms with Gasteiger partial charge in [-0.25, -0.2) is 19.4 Å². The lowest BCUT2D eigenvalue weighted by molar-refractivity contribution is -0.188. The molecule has 0 spiro atoms. The molecule has 10 heteroatoms. The fraction of sp³-hybridized carbons (Fsp3) is 0.273. The van der Waals surface area contributed by atoms with Gasteiger partial charge in [-0.2, -0.15) is 0 Å². The molecule has 2 atom stereocenters. The molecule has 0 radical (unpaired) electrons. The van der Waals surface area contributed by atoms with Gasteiger partial charge >= 0.3 is 23.9 Å². The molecule has 0 aliphatic carbocycles. The quantitative estimate of drug-likeness (QED) is 0.258. The van der Waals surface area contributed by atoms with E-state index in [1.165, 1.54) is 52.0 Å². The highest BCUT2D eigenvalue weighted by Crippen LogP contribution is 2.23. The van der Waals surface area contributed by atoms with Crippen LogP contribution in [0.15, 0.2) is 48.5 Å². The van der Waals surface area contributed by atoms with E-state index in [4.69, 9.17) is 18.9 Å². The molecule has 32 heavy (non-hydrogen) atoms.